The number of thiophene rings is 1. The van der Waals surface area contributed by atoms with Crippen molar-refractivity contribution in [1.29, 1.82) is 0 Å². The normalized spacial score (nSPS) is 11.7. The van der Waals surface area contributed by atoms with Gasteiger partial charge in [-0.1, -0.05) is 17.8 Å². The van der Waals surface area contributed by atoms with Crippen molar-refractivity contribution in [3.8, 4) is 10.6 Å². The molecule has 0 unspecified atom stereocenters. The number of hydrogen-bond donors (Lipinski definition) is 0. The number of alkyl halides is 3. The van der Waals surface area contributed by atoms with E-state index in [1.165, 1.54) is 16.2 Å². The second-order valence-corrected chi connectivity index (χ2v) is 8.20. The monoisotopic (exact) mass is 441 g/mol. The third-order valence-corrected chi connectivity index (χ3v) is 5.99. The van der Waals surface area contributed by atoms with Crippen LogP contribution in [0.5, 0.6) is 0 Å². The molecular formula is C18H18F3N5OS2. The van der Waals surface area contributed by atoms with Crippen LogP contribution >= 0.6 is 23.1 Å². The Morgan fingerprint density at radius 2 is 2.10 bits per heavy atom. The Hall–Kier alpha value is -2.40. The van der Waals surface area contributed by atoms with Crippen LogP contribution in [0.15, 0.2) is 34.9 Å². The highest BCUT2D eigenvalue weighted by atomic mass is 32.2. The molecule has 0 aliphatic carbocycles. The van der Waals surface area contributed by atoms with Crippen molar-refractivity contribution in [2.24, 2.45) is 7.05 Å². The van der Waals surface area contributed by atoms with E-state index >= 15 is 0 Å². The molecule has 0 aliphatic heterocycles. The smallest absolute Gasteiger partial charge is 0.341 e. The van der Waals surface area contributed by atoms with Crippen molar-refractivity contribution in [2.45, 2.75) is 24.8 Å². The van der Waals surface area contributed by atoms with Crippen LogP contribution in [0.25, 0.3) is 10.6 Å². The van der Waals surface area contributed by atoms with Crippen LogP contribution in [0.4, 0.5) is 13.2 Å². The summed E-state index contributed by atoms with van der Waals surface area (Å²) in [6.45, 7) is 2.26. The van der Waals surface area contributed by atoms with Crippen LogP contribution in [0.1, 0.15) is 17.0 Å². The number of halogens is 3. The SMILES string of the molecule is Cc1c(CN(C)C(=O)CSc2nc(-c3cccs3)cc(C(F)(F)F)n2)cnn1C. The van der Waals surface area contributed by atoms with Crippen LogP contribution in [-0.4, -0.2) is 43.4 Å². The summed E-state index contributed by atoms with van der Waals surface area (Å²) in [5.41, 5.74) is 1.02. The van der Waals surface area contributed by atoms with Crippen LogP contribution < -0.4 is 0 Å². The summed E-state index contributed by atoms with van der Waals surface area (Å²) in [4.78, 5) is 22.3. The zero-order valence-electron chi connectivity index (χ0n) is 15.9. The minimum Gasteiger partial charge on any atom is -0.341 e. The summed E-state index contributed by atoms with van der Waals surface area (Å²) in [5, 5.41) is 5.82. The first-order chi connectivity index (χ1) is 13.6. The highest BCUT2D eigenvalue weighted by molar-refractivity contribution is 7.99. The molecule has 3 heterocycles. The molecule has 0 aromatic carbocycles. The zero-order chi connectivity index (χ0) is 21.2. The first-order valence-electron chi connectivity index (χ1n) is 8.49. The topological polar surface area (TPSA) is 63.9 Å². The minimum absolute atomic E-state index is 0.0685. The molecule has 0 bridgehead atoms. The Labute approximate surface area is 173 Å². The summed E-state index contributed by atoms with van der Waals surface area (Å²) < 4.78 is 41.4. The maximum Gasteiger partial charge on any atom is 0.433 e. The maximum atomic E-state index is 13.2. The summed E-state index contributed by atoms with van der Waals surface area (Å²) in [5.74, 6) is -0.307. The van der Waals surface area contributed by atoms with Crippen LogP contribution in [0.2, 0.25) is 0 Å². The van der Waals surface area contributed by atoms with E-state index in [0.29, 0.717) is 11.4 Å². The minimum atomic E-state index is -4.59. The van der Waals surface area contributed by atoms with E-state index in [-0.39, 0.29) is 22.5 Å². The van der Waals surface area contributed by atoms with Crippen molar-refractivity contribution in [2.75, 3.05) is 12.8 Å². The number of carbonyl (C=O) groups excluding carboxylic acids is 1. The molecule has 3 rings (SSSR count). The Kier molecular flexibility index (Phi) is 6.27. The lowest BCUT2D eigenvalue weighted by Crippen LogP contribution is -2.28. The number of hydrogen-bond acceptors (Lipinski definition) is 6. The standard InChI is InChI=1S/C18H18F3N5OS2/c1-11-12(8-22-26(11)3)9-25(2)16(27)10-29-17-23-13(14-5-4-6-28-14)7-15(24-17)18(19,20)21/h4-8H,9-10H2,1-3H3. The predicted molar refractivity (Wildman–Crippen MR) is 105 cm³/mol. The number of aryl methyl sites for hydroxylation is 1. The molecule has 3 aromatic rings. The molecule has 29 heavy (non-hydrogen) atoms. The number of rotatable bonds is 6. The molecule has 154 valence electrons. The highest BCUT2D eigenvalue weighted by Gasteiger charge is 2.34. The molecule has 0 aliphatic rings. The van der Waals surface area contributed by atoms with E-state index in [9.17, 15) is 18.0 Å². The van der Waals surface area contributed by atoms with Gasteiger partial charge in [-0.25, -0.2) is 9.97 Å². The molecule has 3 aromatic heterocycles. The summed E-state index contributed by atoms with van der Waals surface area (Å²) in [6, 6.07) is 4.35. The first-order valence-corrected chi connectivity index (χ1v) is 10.4. The van der Waals surface area contributed by atoms with Gasteiger partial charge in [-0.15, -0.1) is 11.3 Å². The molecular weight excluding hydrogens is 423 g/mol. The van der Waals surface area contributed by atoms with Crippen molar-refractivity contribution in [3.05, 3.63) is 46.7 Å². The van der Waals surface area contributed by atoms with E-state index in [0.717, 1.165) is 29.1 Å². The lowest BCUT2D eigenvalue weighted by atomic mass is 10.2. The van der Waals surface area contributed by atoms with E-state index < -0.39 is 11.9 Å². The number of thioether (sulfide) groups is 1. The molecule has 0 fully saturated rings. The molecule has 0 spiro atoms. The van der Waals surface area contributed by atoms with Gasteiger partial charge in [0.25, 0.3) is 0 Å². The van der Waals surface area contributed by atoms with Gasteiger partial charge in [-0.2, -0.15) is 18.3 Å². The first kappa shape index (κ1) is 21.3. The Bertz CT molecular complexity index is 1000. The number of aromatic nitrogens is 4. The van der Waals surface area contributed by atoms with Crippen molar-refractivity contribution < 1.29 is 18.0 Å². The highest BCUT2D eigenvalue weighted by Crippen LogP contribution is 2.33. The van der Waals surface area contributed by atoms with Crippen LogP contribution in [0, 0.1) is 6.92 Å². The van der Waals surface area contributed by atoms with Crippen LogP contribution in [0.3, 0.4) is 0 Å². The van der Waals surface area contributed by atoms with Crippen molar-refractivity contribution in [3.63, 3.8) is 0 Å². The van der Waals surface area contributed by atoms with E-state index in [1.807, 2.05) is 14.0 Å². The molecule has 0 radical (unpaired) electrons. The predicted octanol–water partition coefficient (Wildman–Crippen LogP) is 4.02. The summed E-state index contributed by atoms with van der Waals surface area (Å²) >= 11 is 2.18. The third kappa shape index (κ3) is 5.15. The Morgan fingerprint density at radius 1 is 1.34 bits per heavy atom. The fourth-order valence-electron chi connectivity index (χ4n) is 2.46. The van der Waals surface area contributed by atoms with Gasteiger partial charge < -0.3 is 4.90 Å². The second kappa shape index (κ2) is 8.54. The van der Waals surface area contributed by atoms with E-state index in [2.05, 4.69) is 15.1 Å². The zero-order valence-corrected chi connectivity index (χ0v) is 17.5. The van der Waals surface area contributed by atoms with Crippen molar-refractivity contribution >= 4 is 29.0 Å². The van der Waals surface area contributed by atoms with Gasteiger partial charge in [0.15, 0.2) is 5.16 Å². The van der Waals surface area contributed by atoms with Gasteiger partial charge in [-0.3, -0.25) is 9.48 Å². The number of carbonyl (C=O) groups is 1. The van der Waals surface area contributed by atoms with E-state index in [1.54, 1.807) is 35.4 Å². The second-order valence-electron chi connectivity index (χ2n) is 6.31. The van der Waals surface area contributed by atoms with Gasteiger partial charge in [-0.05, 0) is 24.4 Å². The average molecular weight is 442 g/mol. The molecule has 1 amide bonds. The molecule has 0 saturated carbocycles. The van der Waals surface area contributed by atoms with Gasteiger partial charge in [0.1, 0.15) is 5.69 Å². The number of amides is 1. The van der Waals surface area contributed by atoms with Gasteiger partial charge in [0, 0.05) is 31.9 Å². The fraction of sp³-hybridized carbons (Fsp3) is 0.333. The lowest BCUT2D eigenvalue weighted by molar-refractivity contribution is -0.141. The third-order valence-electron chi connectivity index (χ3n) is 4.26. The molecule has 0 N–H and O–H groups in total. The molecule has 6 nitrogen and oxygen atoms in total. The van der Waals surface area contributed by atoms with Crippen molar-refractivity contribution in [1.82, 2.24) is 24.6 Å². The van der Waals surface area contributed by atoms with E-state index in [4.69, 9.17) is 0 Å². The molecule has 11 heteroatoms. The quantitative estimate of drug-likeness (QED) is 0.427. The van der Waals surface area contributed by atoms with Gasteiger partial charge in [0.2, 0.25) is 5.91 Å². The van der Waals surface area contributed by atoms with Gasteiger partial charge in [0.05, 0.1) is 22.5 Å². The average Bonchev–Trinajstić information content (AvgIpc) is 3.31. The van der Waals surface area contributed by atoms with Crippen LogP contribution in [-0.2, 0) is 24.6 Å². The molecule has 0 atom stereocenters. The number of nitrogens with zero attached hydrogens (tertiary/aromatic N) is 5. The maximum absolute atomic E-state index is 13.2. The Morgan fingerprint density at radius 3 is 2.69 bits per heavy atom. The summed E-state index contributed by atoms with van der Waals surface area (Å²) in [7, 11) is 3.45. The fourth-order valence-corrected chi connectivity index (χ4v) is 3.95. The Balaban J connectivity index is 1.73. The lowest BCUT2D eigenvalue weighted by Gasteiger charge is -2.17. The molecule has 0 saturated heterocycles. The van der Waals surface area contributed by atoms with Gasteiger partial charge >= 0.3 is 6.18 Å². The summed E-state index contributed by atoms with van der Waals surface area (Å²) in [6.07, 6.45) is -2.90. The largest absolute Gasteiger partial charge is 0.433 e.